The summed E-state index contributed by atoms with van der Waals surface area (Å²) in [5, 5.41) is 14.0. The third kappa shape index (κ3) is 3.74. The Hall–Kier alpha value is -1.53. The number of piperidine rings is 1. The van der Waals surface area contributed by atoms with E-state index in [2.05, 4.69) is 5.32 Å². The van der Waals surface area contributed by atoms with Crippen LogP contribution in [0.15, 0.2) is 18.2 Å². The number of benzene rings is 1. The molecule has 0 aromatic heterocycles. The number of hydrogen-bond acceptors (Lipinski definition) is 4. The van der Waals surface area contributed by atoms with Crippen LogP contribution in [-0.2, 0) is 6.54 Å². The summed E-state index contributed by atoms with van der Waals surface area (Å²) in [5.41, 5.74) is -0.0617. The number of nitrogens with one attached hydrogen (secondary N) is 1. The van der Waals surface area contributed by atoms with Crippen molar-refractivity contribution in [2.45, 2.75) is 19.4 Å². The Bertz CT molecular complexity index is 475. The van der Waals surface area contributed by atoms with E-state index in [1.54, 1.807) is 6.07 Å². The summed E-state index contributed by atoms with van der Waals surface area (Å²) in [6.07, 6.45) is 2.25. The highest BCUT2D eigenvalue weighted by molar-refractivity contribution is 5.36. The van der Waals surface area contributed by atoms with Crippen LogP contribution in [0.2, 0.25) is 0 Å². The molecule has 1 fully saturated rings. The molecule has 0 unspecified atom stereocenters. The summed E-state index contributed by atoms with van der Waals surface area (Å²) in [5.74, 6) is -0.0994. The van der Waals surface area contributed by atoms with Gasteiger partial charge in [-0.15, -0.1) is 0 Å². The summed E-state index contributed by atoms with van der Waals surface area (Å²) in [7, 11) is 1.93. The second-order valence-electron chi connectivity index (χ2n) is 5.40. The predicted octanol–water partition coefficient (Wildman–Crippen LogP) is 2.17. The lowest BCUT2D eigenvalue weighted by Gasteiger charge is -2.27. The van der Waals surface area contributed by atoms with Crippen molar-refractivity contribution < 1.29 is 9.31 Å². The van der Waals surface area contributed by atoms with E-state index in [1.165, 1.54) is 12.1 Å². The van der Waals surface area contributed by atoms with Crippen molar-refractivity contribution >= 4 is 5.69 Å². The molecule has 0 amide bonds. The molecule has 5 nitrogen and oxygen atoms in total. The Labute approximate surface area is 117 Å². The second-order valence-corrected chi connectivity index (χ2v) is 5.40. The number of halogens is 1. The van der Waals surface area contributed by atoms with Crippen LogP contribution in [-0.4, -0.2) is 36.5 Å². The molecule has 20 heavy (non-hydrogen) atoms. The first-order valence-electron chi connectivity index (χ1n) is 6.89. The van der Waals surface area contributed by atoms with E-state index in [0.29, 0.717) is 18.0 Å². The van der Waals surface area contributed by atoms with Crippen molar-refractivity contribution in [3.8, 4) is 0 Å². The average Bonchev–Trinajstić information content (AvgIpc) is 2.42. The molecule has 1 aliphatic heterocycles. The van der Waals surface area contributed by atoms with Gasteiger partial charge in [0.25, 0.3) is 0 Å². The second kappa shape index (κ2) is 6.76. The molecule has 1 N–H and O–H groups in total. The number of nitro groups is 1. The molecule has 0 bridgehead atoms. The topological polar surface area (TPSA) is 58.4 Å². The summed E-state index contributed by atoms with van der Waals surface area (Å²) < 4.78 is 14.0. The summed E-state index contributed by atoms with van der Waals surface area (Å²) >= 11 is 0. The third-order valence-electron chi connectivity index (χ3n) is 3.72. The van der Waals surface area contributed by atoms with Crippen LogP contribution in [0.4, 0.5) is 10.1 Å². The van der Waals surface area contributed by atoms with E-state index in [4.69, 9.17) is 0 Å². The molecule has 110 valence electrons. The summed E-state index contributed by atoms with van der Waals surface area (Å²) in [4.78, 5) is 12.1. The van der Waals surface area contributed by atoms with Crippen LogP contribution < -0.4 is 5.32 Å². The van der Waals surface area contributed by atoms with Crippen molar-refractivity contribution in [2.24, 2.45) is 5.92 Å². The fraction of sp³-hybridized carbons (Fsp3) is 0.571. The molecule has 0 atom stereocenters. The van der Waals surface area contributed by atoms with Crippen LogP contribution in [0.1, 0.15) is 18.4 Å². The number of hydrogen-bond donors (Lipinski definition) is 1. The fourth-order valence-electron chi connectivity index (χ4n) is 2.69. The van der Waals surface area contributed by atoms with Gasteiger partial charge in [0, 0.05) is 24.7 Å². The van der Waals surface area contributed by atoms with E-state index in [9.17, 15) is 14.5 Å². The Morgan fingerprint density at radius 2 is 2.15 bits per heavy atom. The lowest BCUT2D eigenvalue weighted by molar-refractivity contribution is -0.387. The van der Waals surface area contributed by atoms with Gasteiger partial charge in [-0.2, -0.15) is 4.39 Å². The number of nitro benzene ring substituents is 1. The molecule has 1 saturated heterocycles. The number of rotatable bonds is 5. The van der Waals surface area contributed by atoms with Crippen molar-refractivity contribution in [3.63, 3.8) is 0 Å². The van der Waals surface area contributed by atoms with Crippen molar-refractivity contribution in [1.82, 2.24) is 10.2 Å². The molecule has 0 radical (unpaired) electrons. The van der Waals surface area contributed by atoms with E-state index in [0.717, 1.165) is 32.5 Å². The number of nitrogens with zero attached hydrogens (tertiary/aromatic N) is 2. The van der Waals surface area contributed by atoms with Gasteiger partial charge in [-0.05, 0) is 38.9 Å². The van der Waals surface area contributed by atoms with Gasteiger partial charge in [0.2, 0.25) is 5.82 Å². The van der Waals surface area contributed by atoms with Gasteiger partial charge in [0.05, 0.1) is 4.92 Å². The maximum atomic E-state index is 14.0. The Balaban J connectivity index is 1.98. The smallest absolute Gasteiger partial charge is 0.305 e. The fourth-order valence-corrected chi connectivity index (χ4v) is 2.69. The lowest BCUT2D eigenvalue weighted by atomic mass is 9.97. The first-order chi connectivity index (χ1) is 9.58. The Kier molecular flexibility index (Phi) is 5.03. The zero-order chi connectivity index (χ0) is 14.5. The van der Waals surface area contributed by atoms with E-state index in [1.807, 2.05) is 11.9 Å². The van der Waals surface area contributed by atoms with E-state index in [-0.39, 0.29) is 0 Å². The van der Waals surface area contributed by atoms with Gasteiger partial charge < -0.3 is 10.2 Å². The van der Waals surface area contributed by atoms with Crippen molar-refractivity contribution in [1.29, 1.82) is 0 Å². The molecule has 1 aliphatic rings. The van der Waals surface area contributed by atoms with Crippen LogP contribution in [0, 0.1) is 21.8 Å². The quantitative estimate of drug-likeness (QED) is 0.664. The maximum Gasteiger partial charge on any atom is 0.305 e. The van der Waals surface area contributed by atoms with Crippen molar-refractivity contribution in [3.05, 3.63) is 39.7 Å². The average molecular weight is 281 g/mol. The molecular weight excluding hydrogens is 261 g/mol. The Morgan fingerprint density at radius 3 is 2.80 bits per heavy atom. The molecule has 0 saturated carbocycles. The van der Waals surface area contributed by atoms with Crippen LogP contribution in [0.5, 0.6) is 0 Å². The van der Waals surface area contributed by atoms with Gasteiger partial charge in [-0.25, -0.2) is 0 Å². The van der Waals surface area contributed by atoms with Gasteiger partial charge >= 0.3 is 5.69 Å². The lowest BCUT2D eigenvalue weighted by Crippen LogP contribution is -2.34. The highest BCUT2D eigenvalue weighted by atomic mass is 19.1. The molecule has 2 rings (SSSR count). The zero-order valence-corrected chi connectivity index (χ0v) is 11.6. The molecule has 0 aliphatic carbocycles. The highest BCUT2D eigenvalue weighted by Crippen LogP contribution is 2.22. The molecule has 1 aromatic carbocycles. The molecule has 6 heteroatoms. The largest absolute Gasteiger partial charge is 0.317 e. The zero-order valence-electron chi connectivity index (χ0n) is 11.6. The minimum atomic E-state index is -0.713. The van der Waals surface area contributed by atoms with Crippen LogP contribution in [0.25, 0.3) is 0 Å². The molecule has 1 heterocycles. The first kappa shape index (κ1) is 14.9. The molecular formula is C14H20FN3O2. The standard InChI is InChI=1S/C14H20FN3O2/c1-17(9-11-5-7-16-8-6-11)10-12-3-2-4-13(14(12)15)18(19)20/h2-4,11,16H,5-10H2,1H3. The summed E-state index contributed by atoms with van der Waals surface area (Å²) in [6, 6.07) is 4.35. The first-order valence-corrected chi connectivity index (χ1v) is 6.89. The minimum Gasteiger partial charge on any atom is -0.317 e. The van der Waals surface area contributed by atoms with Crippen LogP contribution >= 0.6 is 0 Å². The predicted molar refractivity (Wildman–Crippen MR) is 75.0 cm³/mol. The Morgan fingerprint density at radius 1 is 1.45 bits per heavy atom. The molecule has 0 spiro atoms. The highest BCUT2D eigenvalue weighted by Gasteiger charge is 2.20. The van der Waals surface area contributed by atoms with Gasteiger partial charge in [0.15, 0.2) is 0 Å². The normalized spacial score (nSPS) is 16.6. The minimum absolute atomic E-state index is 0.385. The van der Waals surface area contributed by atoms with E-state index < -0.39 is 16.4 Å². The monoisotopic (exact) mass is 281 g/mol. The maximum absolute atomic E-state index is 14.0. The van der Waals surface area contributed by atoms with Gasteiger partial charge in [-0.3, -0.25) is 10.1 Å². The van der Waals surface area contributed by atoms with Crippen LogP contribution in [0.3, 0.4) is 0 Å². The van der Waals surface area contributed by atoms with Gasteiger partial charge in [0.1, 0.15) is 0 Å². The SMILES string of the molecule is CN(Cc1cccc([N+](=O)[O-])c1F)CC1CCNCC1. The van der Waals surface area contributed by atoms with Gasteiger partial charge in [-0.1, -0.05) is 12.1 Å². The third-order valence-corrected chi connectivity index (χ3v) is 3.72. The molecule has 1 aromatic rings. The summed E-state index contributed by atoms with van der Waals surface area (Å²) in [6.45, 7) is 3.36. The van der Waals surface area contributed by atoms with E-state index >= 15 is 0 Å². The van der Waals surface area contributed by atoms with Crippen molar-refractivity contribution in [2.75, 3.05) is 26.7 Å².